The zero-order chi connectivity index (χ0) is 16.4. The standard InChI is InChI=1S/C16H25N3O3S/c1-13-9-14(2)12-18(11-13)16-4-3-15(10-17-16)23(20,21)19-5-7-22-8-6-19/h3-4,10,13-14H,5-9,11-12H2,1-2H3. The largest absolute Gasteiger partial charge is 0.379 e. The van der Waals surface area contributed by atoms with Crippen molar-refractivity contribution in [2.24, 2.45) is 11.8 Å². The van der Waals surface area contributed by atoms with E-state index in [1.165, 1.54) is 16.9 Å². The molecule has 1 aromatic rings. The van der Waals surface area contributed by atoms with Crippen molar-refractivity contribution in [2.75, 3.05) is 44.3 Å². The maximum Gasteiger partial charge on any atom is 0.244 e. The first-order chi connectivity index (χ1) is 11.0. The van der Waals surface area contributed by atoms with E-state index in [9.17, 15) is 8.42 Å². The van der Waals surface area contributed by atoms with Gasteiger partial charge < -0.3 is 9.64 Å². The number of hydrogen-bond acceptors (Lipinski definition) is 5. The van der Waals surface area contributed by atoms with Gasteiger partial charge in [-0.15, -0.1) is 0 Å². The van der Waals surface area contributed by atoms with Crippen molar-refractivity contribution in [1.29, 1.82) is 0 Å². The molecule has 0 aromatic carbocycles. The van der Waals surface area contributed by atoms with E-state index in [1.54, 1.807) is 6.07 Å². The average molecular weight is 339 g/mol. The molecule has 2 aliphatic heterocycles. The van der Waals surface area contributed by atoms with Crippen molar-refractivity contribution in [2.45, 2.75) is 25.2 Å². The van der Waals surface area contributed by atoms with E-state index < -0.39 is 10.0 Å². The van der Waals surface area contributed by atoms with Gasteiger partial charge in [-0.3, -0.25) is 0 Å². The maximum atomic E-state index is 12.6. The normalized spacial score (nSPS) is 27.1. The van der Waals surface area contributed by atoms with Crippen molar-refractivity contribution in [1.82, 2.24) is 9.29 Å². The van der Waals surface area contributed by atoms with Crippen LogP contribution in [-0.4, -0.2) is 57.1 Å². The molecular weight excluding hydrogens is 314 g/mol. The van der Waals surface area contributed by atoms with Crippen LogP contribution in [0.25, 0.3) is 0 Å². The van der Waals surface area contributed by atoms with Gasteiger partial charge in [-0.1, -0.05) is 13.8 Å². The summed E-state index contributed by atoms with van der Waals surface area (Å²) in [5.74, 6) is 2.14. The second kappa shape index (κ2) is 6.75. The molecule has 23 heavy (non-hydrogen) atoms. The van der Waals surface area contributed by atoms with Crippen LogP contribution in [0.15, 0.2) is 23.2 Å². The predicted molar refractivity (Wildman–Crippen MR) is 89.0 cm³/mol. The monoisotopic (exact) mass is 339 g/mol. The van der Waals surface area contributed by atoms with Gasteiger partial charge in [-0.05, 0) is 30.4 Å². The average Bonchev–Trinajstić information content (AvgIpc) is 2.55. The van der Waals surface area contributed by atoms with Crippen LogP contribution in [0.2, 0.25) is 0 Å². The Morgan fingerprint density at radius 2 is 1.78 bits per heavy atom. The number of nitrogens with zero attached hydrogens (tertiary/aromatic N) is 3. The summed E-state index contributed by atoms with van der Waals surface area (Å²) in [6, 6.07) is 3.51. The van der Waals surface area contributed by atoms with Crippen molar-refractivity contribution in [3.05, 3.63) is 18.3 Å². The van der Waals surface area contributed by atoms with Crippen molar-refractivity contribution >= 4 is 15.8 Å². The highest BCUT2D eigenvalue weighted by molar-refractivity contribution is 7.89. The molecule has 1 aromatic heterocycles. The van der Waals surface area contributed by atoms with E-state index in [2.05, 4.69) is 23.7 Å². The first kappa shape index (κ1) is 16.7. The molecule has 0 radical (unpaired) electrons. The molecule has 2 aliphatic rings. The van der Waals surface area contributed by atoms with Crippen LogP contribution in [-0.2, 0) is 14.8 Å². The third kappa shape index (κ3) is 3.67. The van der Waals surface area contributed by atoms with Crippen LogP contribution >= 0.6 is 0 Å². The predicted octanol–water partition coefficient (Wildman–Crippen LogP) is 1.58. The molecule has 0 saturated carbocycles. The van der Waals surface area contributed by atoms with E-state index in [0.717, 1.165) is 18.9 Å². The molecular formula is C16H25N3O3S. The van der Waals surface area contributed by atoms with Crippen LogP contribution in [0.3, 0.4) is 0 Å². The lowest BCUT2D eigenvalue weighted by Crippen LogP contribution is -2.41. The van der Waals surface area contributed by atoms with Gasteiger partial charge in [0.2, 0.25) is 10.0 Å². The lowest BCUT2D eigenvalue weighted by molar-refractivity contribution is 0.0730. The van der Waals surface area contributed by atoms with Crippen LogP contribution in [0.1, 0.15) is 20.3 Å². The highest BCUT2D eigenvalue weighted by Gasteiger charge is 2.27. The lowest BCUT2D eigenvalue weighted by Gasteiger charge is -2.35. The molecule has 2 fully saturated rings. The van der Waals surface area contributed by atoms with Crippen molar-refractivity contribution < 1.29 is 13.2 Å². The van der Waals surface area contributed by atoms with Crippen LogP contribution in [0.5, 0.6) is 0 Å². The molecule has 0 aliphatic carbocycles. The number of pyridine rings is 1. The Bertz CT molecular complexity index is 616. The van der Waals surface area contributed by atoms with Gasteiger partial charge in [0.1, 0.15) is 10.7 Å². The van der Waals surface area contributed by atoms with E-state index >= 15 is 0 Å². The second-order valence-electron chi connectivity index (χ2n) is 6.72. The van der Waals surface area contributed by atoms with E-state index in [4.69, 9.17) is 4.74 Å². The number of aromatic nitrogens is 1. The fraction of sp³-hybridized carbons (Fsp3) is 0.688. The zero-order valence-corrected chi connectivity index (χ0v) is 14.6. The van der Waals surface area contributed by atoms with Gasteiger partial charge >= 0.3 is 0 Å². The summed E-state index contributed by atoms with van der Waals surface area (Å²) in [7, 11) is -3.46. The van der Waals surface area contributed by atoms with Crippen LogP contribution < -0.4 is 4.90 Å². The van der Waals surface area contributed by atoms with Gasteiger partial charge in [0, 0.05) is 32.4 Å². The number of anilines is 1. The Morgan fingerprint density at radius 1 is 1.13 bits per heavy atom. The molecule has 6 nitrogen and oxygen atoms in total. The molecule has 2 atom stereocenters. The fourth-order valence-electron chi connectivity index (χ4n) is 3.50. The van der Waals surface area contributed by atoms with Gasteiger partial charge in [0.15, 0.2) is 0 Å². The minimum atomic E-state index is -3.46. The molecule has 0 bridgehead atoms. The third-order valence-corrected chi connectivity index (χ3v) is 6.40. The summed E-state index contributed by atoms with van der Waals surface area (Å²) in [5.41, 5.74) is 0. The summed E-state index contributed by atoms with van der Waals surface area (Å²) in [6.45, 7) is 8.18. The molecule has 0 amide bonds. The SMILES string of the molecule is CC1CC(C)CN(c2ccc(S(=O)(=O)N3CCOCC3)cn2)C1. The first-order valence-electron chi connectivity index (χ1n) is 8.25. The Balaban J connectivity index is 1.76. The molecule has 2 saturated heterocycles. The van der Waals surface area contributed by atoms with Gasteiger partial charge in [0.25, 0.3) is 0 Å². The highest BCUT2D eigenvalue weighted by Crippen LogP contribution is 2.26. The summed E-state index contributed by atoms with van der Waals surface area (Å²) >= 11 is 0. The summed E-state index contributed by atoms with van der Waals surface area (Å²) in [5, 5.41) is 0. The van der Waals surface area contributed by atoms with Crippen LogP contribution in [0.4, 0.5) is 5.82 Å². The van der Waals surface area contributed by atoms with E-state index in [0.29, 0.717) is 38.1 Å². The number of piperidine rings is 1. The maximum absolute atomic E-state index is 12.6. The zero-order valence-electron chi connectivity index (χ0n) is 13.8. The number of rotatable bonds is 3. The molecule has 3 rings (SSSR count). The minimum absolute atomic E-state index is 0.265. The number of morpholine rings is 1. The molecule has 2 unspecified atom stereocenters. The van der Waals surface area contributed by atoms with Gasteiger partial charge in [-0.2, -0.15) is 4.31 Å². The Morgan fingerprint density at radius 3 is 2.35 bits per heavy atom. The Hall–Kier alpha value is -1.18. The Kier molecular flexibility index (Phi) is 4.89. The minimum Gasteiger partial charge on any atom is -0.379 e. The third-order valence-electron chi connectivity index (χ3n) is 4.52. The summed E-state index contributed by atoms with van der Waals surface area (Å²) in [6.07, 6.45) is 2.73. The Labute approximate surface area is 138 Å². The smallest absolute Gasteiger partial charge is 0.244 e. The number of hydrogen-bond donors (Lipinski definition) is 0. The molecule has 128 valence electrons. The fourth-order valence-corrected chi connectivity index (χ4v) is 4.85. The van der Waals surface area contributed by atoms with Crippen LogP contribution in [0, 0.1) is 11.8 Å². The quantitative estimate of drug-likeness (QED) is 0.837. The molecule has 3 heterocycles. The van der Waals surface area contributed by atoms with Crippen molar-refractivity contribution in [3.63, 3.8) is 0 Å². The van der Waals surface area contributed by atoms with Gasteiger partial charge in [0.05, 0.1) is 13.2 Å². The molecule has 0 N–H and O–H groups in total. The number of sulfonamides is 1. The topological polar surface area (TPSA) is 62.7 Å². The summed E-state index contributed by atoms with van der Waals surface area (Å²) in [4.78, 5) is 6.94. The van der Waals surface area contributed by atoms with E-state index in [1.807, 2.05) is 6.07 Å². The second-order valence-corrected chi connectivity index (χ2v) is 8.66. The first-order valence-corrected chi connectivity index (χ1v) is 9.69. The lowest BCUT2D eigenvalue weighted by atomic mass is 9.92. The van der Waals surface area contributed by atoms with Gasteiger partial charge in [-0.25, -0.2) is 13.4 Å². The van der Waals surface area contributed by atoms with Crippen molar-refractivity contribution in [3.8, 4) is 0 Å². The molecule has 0 spiro atoms. The number of ether oxygens (including phenoxy) is 1. The highest BCUT2D eigenvalue weighted by atomic mass is 32.2. The van der Waals surface area contributed by atoms with E-state index in [-0.39, 0.29) is 4.90 Å². The summed E-state index contributed by atoms with van der Waals surface area (Å²) < 4.78 is 31.9. The molecule has 7 heteroatoms.